The molecule has 1 unspecified atom stereocenters. The Morgan fingerprint density at radius 3 is 2.16 bits per heavy atom. The van der Waals surface area contributed by atoms with Crippen LogP contribution in [0.1, 0.15) is 46.5 Å². The Bertz CT molecular complexity index is 1430. The number of carbonyl (C=O) groups excluding carboxylic acids is 2. The number of benzene rings is 1. The number of anilines is 1. The van der Waals surface area contributed by atoms with Gasteiger partial charge in [-0.15, -0.1) is 0 Å². The van der Waals surface area contributed by atoms with Gasteiger partial charge < -0.3 is 39.0 Å². The molecule has 2 heterocycles. The third-order valence-electron chi connectivity index (χ3n) is 5.71. The molecular weight excluding hydrogens is 621 g/mol. The van der Waals surface area contributed by atoms with Crippen molar-refractivity contribution in [3.8, 4) is 5.75 Å². The Hall–Kier alpha value is -3.31. The van der Waals surface area contributed by atoms with Crippen molar-refractivity contribution in [1.82, 2.24) is 19.5 Å². The Balaban J connectivity index is 1.84. The van der Waals surface area contributed by atoms with Crippen molar-refractivity contribution in [1.29, 1.82) is 0 Å². The number of aromatic nitrogens is 4. The van der Waals surface area contributed by atoms with Crippen molar-refractivity contribution in [3.63, 3.8) is 0 Å². The van der Waals surface area contributed by atoms with Gasteiger partial charge in [0.2, 0.25) is 5.95 Å². The van der Waals surface area contributed by atoms with Gasteiger partial charge in [-0.3, -0.25) is 23.6 Å². The second-order valence-electron chi connectivity index (χ2n) is 9.29. The van der Waals surface area contributed by atoms with Gasteiger partial charge in [0, 0.05) is 17.7 Å². The SMILES string of the molecule is CCCC(=O)OCOC(OCOC(=O)CCC)(OC(C)Cn1cnc2c(Sc3ccc(OC)cc3)nc(N)nc21)P(=O)(O)O. The van der Waals surface area contributed by atoms with E-state index in [1.54, 1.807) is 37.7 Å². The number of carbonyl (C=O) groups is 2. The summed E-state index contributed by atoms with van der Waals surface area (Å²) in [6.07, 6.45) is 1.45. The van der Waals surface area contributed by atoms with Crippen molar-refractivity contribution in [3.05, 3.63) is 30.6 Å². The third-order valence-corrected chi connectivity index (χ3v) is 7.78. The number of hydrogen-bond acceptors (Lipinski definition) is 14. The summed E-state index contributed by atoms with van der Waals surface area (Å²) in [5.41, 5.74) is 3.65. The van der Waals surface area contributed by atoms with Crippen LogP contribution >= 0.6 is 19.4 Å². The van der Waals surface area contributed by atoms with Crippen LogP contribution in [-0.4, -0.2) is 73.8 Å². The quantitative estimate of drug-likeness (QED) is 0.0773. The van der Waals surface area contributed by atoms with Crippen molar-refractivity contribution in [2.75, 3.05) is 26.4 Å². The van der Waals surface area contributed by atoms with E-state index in [-0.39, 0.29) is 25.3 Å². The number of imidazole rings is 1. The summed E-state index contributed by atoms with van der Waals surface area (Å²) < 4.78 is 45.3. The first-order valence-electron chi connectivity index (χ1n) is 13.5. The topological polar surface area (TPSA) is 217 Å². The number of ether oxygens (including phenoxy) is 6. The van der Waals surface area contributed by atoms with E-state index in [9.17, 15) is 23.9 Å². The Morgan fingerprint density at radius 2 is 1.64 bits per heavy atom. The van der Waals surface area contributed by atoms with Crippen LogP contribution in [0.5, 0.6) is 5.75 Å². The van der Waals surface area contributed by atoms with Gasteiger partial charge in [-0.05, 0) is 44.0 Å². The summed E-state index contributed by atoms with van der Waals surface area (Å²) in [6.45, 7) is 3.08. The first kappa shape index (κ1) is 35.2. The molecule has 3 rings (SSSR count). The van der Waals surface area contributed by atoms with E-state index in [1.807, 2.05) is 12.1 Å². The molecule has 0 aliphatic heterocycles. The Morgan fingerprint density at radius 1 is 1.05 bits per heavy atom. The van der Waals surface area contributed by atoms with Gasteiger partial charge in [-0.25, -0.2) is 9.97 Å². The average Bonchev–Trinajstić information content (AvgIpc) is 3.35. The molecule has 44 heavy (non-hydrogen) atoms. The van der Waals surface area contributed by atoms with E-state index >= 15 is 0 Å². The molecule has 0 saturated heterocycles. The Labute approximate surface area is 257 Å². The number of nitrogens with zero attached hydrogens (tertiary/aromatic N) is 4. The smallest absolute Gasteiger partial charge is 0.415 e. The van der Waals surface area contributed by atoms with Crippen molar-refractivity contribution in [2.45, 2.75) is 74.7 Å². The molecule has 0 radical (unpaired) electrons. The normalized spacial score (nSPS) is 12.7. The highest BCUT2D eigenvalue weighted by molar-refractivity contribution is 7.99. The van der Waals surface area contributed by atoms with Crippen molar-refractivity contribution in [2.24, 2.45) is 0 Å². The van der Waals surface area contributed by atoms with Crippen LogP contribution in [0.2, 0.25) is 0 Å². The molecule has 0 spiro atoms. The maximum atomic E-state index is 12.7. The highest BCUT2D eigenvalue weighted by Crippen LogP contribution is 2.53. The zero-order valence-corrected chi connectivity index (χ0v) is 26.4. The molecule has 0 saturated carbocycles. The number of fused-ring (bicyclic) bond motifs is 1. The molecule has 1 aromatic carbocycles. The predicted molar refractivity (Wildman–Crippen MR) is 156 cm³/mol. The lowest BCUT2D eigenvalue weighted by Crippen LogP contribution is -2.44. The molecule has 0 fully saturated rings. The first-order valence-corrected chi connectivity index (χ1v) is 16.0. The van der Waals surface area contributed by atoms with E-state index in [2.05, 4.69) is 15.0 Å². The van der Waals surface area contributed by atoms with Crippen LogP contribution in [0.4, 0.5) is 5.95 Å². The summed E-state index contributed by atoms with van der Waals surface area (Å²) >= 11 is 1.31. The fraction of sp³-hybridized carbons (Fsp3) is 0.500. The molecule has 0 bridgehead atoms. The maximum Gasteiger partial charge on any atom is 0.415 e. The van der Waals surface area contributed by atoms with E-state index < -0.39 is 44.9 Å². The van der Waals surface area contributed by atoms with Crippen molar-refractivity contribution >= 4 is 48.4 Å². The molecule has 18 heteroatoms. The molecule has 1 atom stereocenters. The Kier molecular flexibility index (Phi) is 12.9. The van der Waals surface area contributed by atoms with E-state index in [0.717, 1.165) is 4.90 Å². The predicted octanol–water partition coefficient (Wildman–Crippen LogP) is 3.40. The molecule has 0 aliphatic carbocycles. The number of methoxy groups -OCH3 is 1. The van der Waals surface area contributed by atoms with Gasteiger partial charge in [-0.2, -0.15) is 4.98 Å². The van der Waals surface area contributed by atoms with Crippen LogP contribution in [0.25, 0.3) is 11.2 Å². The van der Waals surface area contributed by atoms with E-state index in [4.69, 9.17) is 34.2 Å². The van der Waals surface area contributed by atoms with Crippen LogP contribution in [0, 0.1) is 0 Å². The summed E-state index contributed by atoms with van der Waals surface area (Å²) in [4.78, 5) is 58.0. The van der Waals surface area contributed by atoms with Crippen LogP contribution < -0.4 is 10.5 Å². The van der Waals surface area contributed by atoms with Gasteiger partial charge in [-0.1, -0.05) is 25.6 Å². The zero-order chi connectivity index (χ0) is 32.3. The summed E-state index contributed by atoms with van der Waals surface area (Å²) in [7, 11) is -3.87. The number of rotatable bonds is 18. The van der Waals surface area contributed by atoms with E-state index in [1.165, 1.54) is 25.0 Å². The minimum absolute atomic E-state index is 0.0251. The molecular formula is C26H36N5O11PS. The minimum Gasteiger partial charge on any atom is -0.497 e. The van der Waals surface area contributed by atoms with Gasteiger partial charge >= 0.3 is 25.2 Å². The molecule has 242 valence electrons. The fourth-order valence-corrected chi connectivity index (χ4v) is 5.34. The molecule has 4 N–H and O–H groups in total. The molecule has 2 aromatic heterocycles. The molecule has 3 aromatic rings. The lowest BCUT2D eigenvalue weighted by Gasteiger charge is -2.34. The van der Waals surface area contributed by atoms with E-state index in [0.29, 0.717) is 34.8 Å². The first-order chi connectivity index (χ1) is 20.9. The molecule has 0 amide bonds. The highest BCUT2D eigenvalue weighted by atomic mass is 32.2. The fourth-order valence-electron chi connectivity index (χ4n) is 3.70. The van der Waals surface area contributed by atoms with Gasteiger partial charge in [0.1, 0.15) is 16.3 Å². The third kappa shape index (κ3) is 9.59. The second-order valence-corrected chi connectivity index (χ2v) is 12.0. The minimum atomic E-state index is -5.44. The highest BCUT2D eigenvalue weighted by Gasteiger charge is 2.54. The van der Waals surface area contributed by atoms with Crippen LogP contribution in [-0.2, 0) is 44.4 Å². The number of nitrogen functional groups attached to an aromatic ring is 1. The summed E-state index contributed by atoms with van der Waals surface area (Å²) in [6, 6.07) is 7.30. The molecule has 16 nitrogen and oxygen atoms in total. The summed E-state index contributed by atoms with van der Waals surface area (Å²) in [5, 5.41) is 0.476. The standard InChI is InChI=1S/C26H36N5O11PS/c1-5-7-20(32)38-15-40-26(43(34,35)36,41-16-39-21(33)8-6-2)42-17(3)13-31-14-28-22-23(31)29-25(27)30-24(22)44-19-11-9-18(37-4)10-12-19/h9-12,14,17H,5-8,13,15-16H2,1-4H3,(H2,27,29,30)(H2,34,35,36). The van der Waals surface area contributed by atoms with Crippen LogP contribution in [0.15, 0.2) is 40.5 Å². The lowest BCUT2D eigenvalue weighted by molar-refractivity contribution is -0.376. The summed E-state index contributed by atoms with van der Waals surface area (Å²) in [5.74, 6) is -0.666. The van der Waals surface area contributed by atoms with Gasteiger partial charge in [0.15, 0.2) is 19.2 Å². The van der Waals surface area contributed by atoms with Gasteiger partial charge in [0.25, 0.3) is 0 Å². The second kappa shape index (κ2) is 16.1. The molecule has 0 aliphatic rings. The van der Waals surface area contributed by atoms with Gasteiger partial charge in [0.05, 0.1) is 26.1 Å². The van der Waals surface area contributed by atoms with Crippen molar-refractivity contribution < 1.29 is 52.4 Å². The number of hydrogen-bond donors (Lipinski definition) is 3. The zero-order valence-electron chi connectivity index (χ0n) is 24.7. The number of nitrogens with two attached hydrogens (primary N) is 1. The number of esters is 2. The maximum absolute atomic E-state index is 12.7. The lowest BCUT2D eigenvalue weighted by atomic mass is 10.3. The largest absolute Gasteiger partial charge is 0.497 e. The average molecular weight is 658 g/mol. The van der Waals surface area contributed by atoms with Crippen LogP contribution in [0.3, 0.4) is 0 Å². The monoisotopic (exact) mass is 657 g/mol.